The molecule has 0 N–H and O–H groups in total. The molecule has 0 heterocycles. The van der Waals surface area contributed by atoms with E-state index in [4.69, 9.17) is 0 Å². The molecule has 0 aromatic heterocycles. The Labute approximate surface area is 96.8 Å². The molecule has 0 aliphatic rings. The molecule has 0 spiro atoms. The molecule has 0 fully saturated rings. The zero-order valence-corrected chi connectivity index (χ0v) is 12.0. The van der Waals surface area contributed by atoms with Crippen molar-refractivity contribution in [3.05, 3.63) is 36.4 Å². The summed E-state index contributed by atoms with van der Waals surface area (Å²) in [6, 6.07) is 8.27. The van der Waals surface area contributed by atoms with Gasteiger partial charge < -0.3 is 0 Å². The van der Waals surface area contributed by atoms with Gasteiger partial charge in [-0.05, 0) is 10.8 Å². The summed E-state index contributed by atoms with van der Waals surface area (Å²) in [4.78, 5) is 0. The van der Waals surface area contributed by atoms with E-state index in [1.165, 1.54) is 5.19 Å². The summed E-state index contributed by atoms with van der Waals surface area (Å²) in [6.45, 7) is 3.70. The molecule has 1 aromatic carbocycles. The maximum absolute atomic E-state index is 3.70. The van der Waals surface area contributed by atoms with Gasteiger partial charge in [0.2, 0.25) is 0 Å². The Morgan fingerprint density at radius 2 is 1.58 bits per heavy atom. The molecule has 0 nitrogen and oxygen atoms in total. The van der Waals surface area contributed by atoms with Crippen molar-refractivity contribution in [1.82, 2.24) is 0 Å². The monoisotopic (exact) mass is 368 g/mol. The summed E-state index contributed by atoms with van der Waals surface area (Å²) in [7, 11) is 0. The van der Waals surface area contributed by atoms with Crippen LogP contribution in [0.3, 0.4) is 0 Å². The molecule has 0 aliphatic carbocycles. The Hall–Kier alpha value is 0.617. The van der Waals surface area contributed by atoms with Crippen molar-refractivity contribution in [1.29, 1.82) is 0 Å². The van der Waals surface area contributed by atoms with Crippen LogP contribution in [-0.4, -0.2) is 3.93 Å². The first-order valence-corrected chi connectivity index (χ1v) is 12.1. The molecule has 12 heavy (non-hydrogen) atoms. The molecule has 0 radical (unpaired) electrons. The average molecular weight is 371 g/mol. The lowest BCUT2D eigenvalue weighted by Gasteiger charge is -2.09. The van der Waals surface area contributed by atoms with E-state index in [1.54, 1.807) is 0 Å². The van der Waals surface area contributed by atoms with Gasteiger partial charge in [0.05, 0.1) is 0 Å². The highest BCUT2D eigenvalue weighted by atomic mass is 80.0. The second-order valence-corrected chi connectivity index (χ2v) is 24.2. The van der Waals surface area contributed by atoms with Gasteiger partial charge in [-0.15, -0.1) is 0 Å². The van der Waals surface area contributed by atoms with Crippen LogP contribution in [0.4, 0.5) is 0 Å². The molecule has 1 aromatic rings. The Kier molecular flexibility index (Phi) is 3.76. The number of benzene rings is 1. The van der Waals surface area contributed by atoms with Gasteiger partial charge >= 0.3 is 0 Å². The fourth-order valence-corrected chi connectivity index (χ4v) is 3.73. The maximum atomic E-state index is 3.70. The first kappa shape index (κ1) is 10.7. The topological polar surface area (TPSA) is 0 Å². The molecule has 64 valence electrons. The fourth-order valence-electron chi connectivity index (χ4n) is 0.808. The normalized spacial score (nSPS) is 11.2. The third-order valence-corrected chi connectivity index (χ3v) is 6.58. The first-order chi connectivity index (χ1) is 5.54. The summed E-state index contributed by atoms with van der Waals surface area (Å²) >= 11 is 10.7. The Bertz CT molecular complexity index is 273. The summed E-state index contributed by atoms with van der Waals surface area (Å²) in [5.74, 6) is 0. The highest BCUT2D eigenvalue weighted by Crippen LogP contribution is 2.26. The van der Waals surface area contributed by atoms with E-state index < -0.39 is 3.93 Å². The summed E-state index contributed by atoms with van der Waals surface area (Å²) in [6.07, 6.45) is 1.84. The van der Waals surface area contributed by atoms with Crippen LogP contribution in [0.25, 0.3) is 6.08 Å². The van der Waals surface area contributed by atoms with Crippen molar-refractivity contribution in [3.8, 4) is 0 Å². The van der Waals surface area contributed by atoms with Crippen LogP contribution in [0.15, 0.2) is 30.8 Å². The number of halogens is 3. The van der Waals surface area contributed by atoms with E-state index in [2.05, 4.69) is 64.6 Å². The van der Waals surface area contributed by atoms with Gasteiger partial charge in [-0.2, -0.15) is 0 Å². The van der Waals surface area contributed by atoms with E-state index in [-0.39, 0.29) is 0 Å². The highest BCUT2D eigenvalue weighted by molar-refractivity contribution is 9.72. The number of hydrogen-bond acceptors (Lipinski definition) is 0. The lowest BCUT2D eigenvalue weighted by molar-refractivity contribution is 1.71. The SMILES string of the molecule is C=Cc1ccc([Si](Br)(Br)Br)cc1. The first-order valence-electron chi connectivity index (χ1n) is 3.34. The van der Waals surface area contributed by atoms with Crippen LogP contribution in [0.5, 0.6) is 0 Å². The Morgan fingerprint density at radius 1 is 1.08 bits per heavy atom. The van der Waals surface area contributed by atoms with Crippen LogP contribution in [0.2, 0.25) is 0 Å². The summed E-state index contributed by atoms with van der Waals surface area (Å²) < 4.78 is -1.67. The second kappa shape index (κ2) is 4.22. The van der Waals surface area contributed by atoms with Crippen molar-refractivity contribution in [2.45, 2.75) is 0 Å². The van der Waals surface area contributed by atoms with Gasteiger partial charge in [0.25, 0.3) is 3.93 Å². The van der Waals surface area contributed by atoms with Crippen LogP contribution in [0, 0.1) is 0 Å². The number of hydrogen-bond donors (Lipinski definition) is 0. The minimum atomic E-state index is -1.67. The van der Waals surface area contributed by atoms with Gasteiger partial charge in [0.15, 0.2) is 0 Å². The minimum absolute atomic E-state index is 1.14. The standard InChI is InChI=1S/C8H7Br3Si/c1-2-7-3-5-8(6-4-7)12(9,10)11/h2-6H,1H2. The largest absolute Gasteiger partial charge is 0.297 e. The maximum Gasteiger partial charge on any atom is 0.297 e. The molecule has 0 saturated heterocycles. The number of rotatable bonds is 2. The molecule has 0 saturated carbocycles. The lowest BCUT2D eigenvalue weighted by atomic mass is 10.2. The third-order valence-electron chi connectivity index (χ3n) is 1.47. The minimum Gasteiger partial charge on any atom is -0.0985 e. The van der Waals surface area contributed by atoms with Crippen LogP contribution >= 0.6 is 45.9 Å². The van der Waals surface area contributed by atoms with E-state index in [0.717, 1.165) is 5.56 Å². The van der Waals surface area contributed by atoms with E-state index in [1.807, 2.05) is 18.2 Å². The average Bonchev–Trinajstić information content (AvgIpc) is 2.03. The molecule has 4 heteroatoms. The van der Waals surface area contributed by atoms with Gasteiger partial charge in [0, 0.05) is 0 Å². The Morgan fingerprint density at radius 3 is 1.92 bits per heavy atom. The second-order valence-electron chi connectivity index (χ2n) is 2.32. The molecule has 0 unspecified atom stereocenters. The molecule has 0 bridgehead atoms. The van der Waals surface area contributed by atoms with Crippen LogP contribution < -0.4 is 5.19 Å². The quantitative estimate of drug-likeness (QED) is 0.550. The van der Waals surface area contributed by atoms with E-state index in [9.17, 15) is 0 Å². The lowest BCUT2D eigenvalue weighted by Crippen LogP contribution is -2.27. The van der Waals surface area contributed by atoms with Gasteiger partial charge in [-0.3, -0.25) is 0 Å². The van der Waals surface area contributed by atoms with Crippen LogP contribution in [-0.2, 0) is 0 Å². The zero-order valence-electron chi connectivity index (χ0n) is 6.23. The molecule has 1 rings (SSSR count). The van der Waals surface area contributed by atoms with Crippen molar-refractivity contribution < 1.29 is 0 Å². The Balaban J connectivity index is 3.00. The predicted octanol–water partition coefficient (Wildman–Crippen LogP) is 3.66. The third kappa shape index (κ3) is 2.83. The van der Waals surface area contributed by atoms with Gasteiger partial charge in [0.1, 0.15) is 0 Å². The molecule has 0 atom stereocenters. The molecule has 0 aliphatic heterocycles. The zero-order chi connectivity index (χ0) is 9.19. The molecular weight excluding hydrogens is 364 g/mol. The van der Waals surface area contributed by atoms with E-state index in [0.29, 0.717) is 0 Å². The molecule has 0 amide bonds. The smallest absolute Gasteiger partial charge is 0.0985 e. The summed E-state index contributed by atoms with van der Waals surface area (Å²) in [5, 5.41) is 1.26. The predicted molar refractivity (Wildman–Crippen MR) is 68.7 cm³/mol. The fraction of sp³-hybridized carbons (Fsp3) is 0. The van der Waals surface area contributed by atoms with Crippen LogP contribution in [0.1, 0.15) is 5.56 Å². The van der Waals surface area contributed by atoms with E-state index >= 15 is 0 Å². The van der Waals surface area contributed by atoms with Crippen molar-refractivity contribution in [2.24, 2.45) is 0 Å². The van der Waals surface area contributed by atoms with Crippen molar-refractivity contribution in [3.63, 3.8) is 0 Å². The van der Waals surface area contributed by atoms with Crippen molar-refractivity contribution in [2.75, 3.05) is 0 Å². The highest BCUT2D eigenvalue weighted by Gasteiger charge is 2.24. The summed E-state index contributed by atoms with van der Waals surface area (Å²) in [5.41, 5.74) is 1.14. The van der Waals surface area contributed by atoms with Gasteiger partial charge in [-0.25, -0.2) is 0 Å². The van der Waals surface area contributed by atoms with Gasteiger partial charge in [-0.1, -0.05) is 82.8 Å². The molecular formula is C8H7Br3Si. The van der Waals surface area contributed by atoms with Crippen molar-refractivity contribution >= 4 is 61.1 Å².